The monoisotopic (exact) mass is 278 g/mol. The zero-order valence-corrected chi connectivity index (χ0v) is 11.8. The van der Waals surface area contributed by atoms with Crippen LogP contribution in [-0.2, 0) is 17.9 Å². The van der Waals surface area contributed by atoms with Crippen LogP contribution < -0.4 is 10.5 Å². The highest BCUT2D eigenvalue weighted by Crippen LogP contribution is 2.32. The normalized spacial score (nSPS) is 24.9. The Morgan fingerprint density at radius 3 is 2.95 bits per heavy atom. The van der Waals surface area contributed by atoms with Crippen molar-refractivity contribution in [3.8, 4) is 5.75 Å². The maximum absolute atomic E-state index is 9.35. The molecule has 1 aliphatic carbocycles. The smallest absolute Gasteiger partial charge is 0.189 e. The van der Waals surface area contributed by atoms with Gasteiger partial charge in [-0.25, -0.2) is 0 Å². The van der Waals surface area contributed by atoms with Gasteiger partial charge in [-0.3, -0.25) is 0 Å². The topological polar surface area (TPSA) is 68.0 Å². The molecule has 1 saturated carbocycles. The standard InChI is InChI=1S/C15H22N2O3/c1-17(6-10-2-14(18)3-10)7-11-4-13(16)5-12-8-19-9-20-15(11)12/h4-5,10,14,18H,2-3,6-9,16H2,1H3. The second-order valence-electron chi connectivity index (χ2n) is 5.97. The van der Waals surface area contributed by atoms with E-state index in [0.29, 0.717) is 19.3 Å². The van der Waals surface area contributed by atoms with Crippen molar-refractivity contribution in [1.29, 1.82) is 0 Å². The predicted molar refractivity (Wildman–Crippen MR) is 76.2 cm³/mol. The predicted octanol–water partition coefficient (Wildman–Crippen LogP) is 1.34. The summed E-state index contributed by atoms with van der Waals surface area (Å²) in [5.41, 5.74) is 8.85. The molecule has 3 N–H and O–H groups in total. The van der Waals surface area contributed by atoms with Crippen LogP contribution in [-0.4, -0.2) is 36.5 Å². The number of hydrogen-bond acceptors (Lipinski definition) is 5. The minimum absolute atomic E-state index is 0.0889. The van der Waals surface area contributed by atoms with E-state index >= 15 is 0 Å². The fraction of sp³-hybridized carbons (Fsp3) is 0.600. The zero-order valence-electron chi connectivity index (χ0n) is 11.8. The third-order valence-electron chi connectivity index (χ3n) is 4.03. The van der Waals surface area contributed by atoms with Crippen LogP contribution in [0.2, 0.25) is 0 Å². The number of nitrogens with zero attached hydrogens (tertiary/aromatic N) is 1. The molecular formula is C15H22N2O3. The SMILES string of the molecule is CN(Cc1cc(N)cc2c1OCOC2)CC1CC(O)C1. The van der Waals surface area contributed by atoms with Gasteiger partial charge in [-0.2, -0.15) is 0 Å². The van der Waals surface area contributed by atoms with Crippen molar-refractivity contribution in [2.24, 2.45) is 5.92 Å². The summed E-state index contributed by atoms with van der Waals surface area (Å²) >= 11 is 0. The fourth-order valence-electron chi connectivity index (χ4n) is 3.09. The summed E-state index contributed by atoms with van der Waals surface area (Å²) in [7, 11) is 2.10. The van der Waals surface area contributed by atoms with Gasteiger partial charge in [0, 0.05) is 29.9 Å². The molecule has 5 nitrogen and oxygen atoms in total. The van der Waals surface area contributed by atoms with Gasteiger partial charge in [-0.15, -0.1) is 0 Å². The van der Waals surface area contributed by atoms with Crippen molar-refractivity contribution in [2.45, 2.75) is 32.1 Å². The molecule has 110 valence electrons. The first-order chi connectivity index (χ1) is 9.61. The van der Waals surface area contributed by atoms with Gasteiger partial charge in [0.15, 0.2) is 6.79 Å². The summed E-state index contributed by atoms with van der Waals surface area (Å²) in [4.78, 5) is 2.27. The molecule has 1 fully saturated rings. The van der Waals surface area contributed by atoms with Crippen LogP contribution in [0.25, 0.3) is 0 Å². The molecule has 1 aliphatic heterocycles. The van der Waals surface area contributed by atoms with Gasteiger partial charge in [-0.05, 0) is 37.9 Å². The Bertz CT molecular complexity index is 486. The van der Waals surface area contributed by atoms with E-state index < -0.39 is 0 Å². The third-order valence-corrected chi connectivity index (χ3v) is 4.03. The molecule has 0 atom stereocenters. The lowest BCUT2D eigenvalue weighted by atomic mass is 9.82. The lowest BCUT2D eigenvalue weighted by Gasteiger charge is -2.34. The Balaban J connectivity index is 1.68. The number of nitrogens with two attached hydrogens (primary N) is 1. The molecule has 0 saturated heterocycles. The highest BCUT2D eigenvalue weighted by molar-refractivity contribution is 5.53. The van der Waals surface area contributed by atoms with Gasteiger partial charge in [0.2, 0.25) is 0 Å². The summed E-state index contributed by atoms with van der Waals surface area (Å²) in [6.07, 6.45) is 1.75. The zero-order chi connectivity index (χ0) is 14.1. The summed E-state index contributed by atoms with van der Waals surface area (Å²) in [5.74, 6) is 1.53. The van der Waals surface area contributed by atoms with Crippen molar-refractivity contribution in [2.75, 3.05) is 26.1 Å². The molecule has 1 aromatic rings. The first-order valence-electron chi connectivity index (χ1n) is 7.10. The van der Waals surface area contributed by atoms with Crippen LogP contribution in [0.3, 0.4) is 0 Å². The van der Waals surface area contributed by atoms with Crippen molar-refractivity contribution in [3.05, 3.63) is 23.3 Å². The van der Waals surface area contributed by atoms with Crippen LogP contribution in [0, 0.1) is 5.92 Å². The van der Waals surface area contributed by atoms with E-state index in [2.05, 4.69) is 11.9 Å². The molecule has 0 aromatic heterocycles. The summed E-state index contributed by atoms with van der Waals surface area (Å²) < 4.78 is 10.9. The second kappa shape index (κ2) is 5.60. The van der Waals surface area contributed by atoms with Crippen molar-refractivity contribution >= 4 is 5.69 Å². The molecule has 0 amide bonds. The van der Waals surface area contributed by atoms with E-state index in [1.165, 1.54) is 0 Å². The molecule has 1 heterocycles. The molecule has 5 heteroatoms. The molecular weight excluding hydrogens is 256 g/mol. The summed E-state index contributed by atoms with van der Waals surface area (Å²) in [6.45, 7) is 2.67. The average Bonchev–Trinajstić information content (AvgIpc) is 2.36. The van der Waals surface area contributed by atoms with Gasteiger partial charge in [0.25, 0.3) is 0 Å². The highest BCUT2D eigenvalue weighted by Gasteiger charge is 2.28. The number of aliphatic hydroxyl groups excluding tert-OH is 1. The first kappa shape index (κ1) is 13.7. The van der Waals surface area contributed by atoms with Crippen molar-refractivity contribution < 1.29 is 14.6 Å². The number of hydrogen-bond donors (Lipinski definition) is 2. The van der Waals surface area contributed by atoms with Crippen LogP contribution in [0.1, 0.15) is 24.0 Å². The lowest BCUT2D eigenvalue weighted by Crippen LogP contribution is -2.36. The number of aliphatic hydroxyl groups is 1. The minimum atomic E-state index is -0.0889. The van der Waals surface area contributed by atoms with Crippen LogP contribution in [0.15, 0.2) is 12.1 Å². The fourth-order valence-corrected chi connectivity index (χ4v) is 3.09. The average molecular weight is 278 g/mol. The largest absolute Gasteiger partial charge is 0.467 e. The van der Waals surface area contributed by atoms with E-state index in [1.807, 2.05) is 12.1 Å². The Morgan fingerprint density at radius 1 is 1.40 bits per heavy atom. The number of fused-ring (bicyclic) bond motifs is 1. The van der Waals surface area contributed by atoms with Crippen LogP contribution in [0.5, 0.6) is 5.75 Å². The Kier molecular flexibility index (Phi) is 3.83. The van der Waals surface area contributed by atoms with Gasteiger partial charge in [-0.1, -0.05) is 0 Å². The quantitative estimate of drug-likeness (QED) is 0.813. The van der Waals surface area contributed by atoms with Gasteiger partial charge in [0.05, 0.1) is 12.7 Å². The maximum atomic E-state index is 9.35. The highest BCUT2D eigenvalue weighted by atomic mass is 16.7. The van der Waals surface area contributed by atoms with Crippen LogP contribution >= 0.6 is 0 Å². The Hall–Kier alpha value is -1.30. The van der Waals surface area contributed by atoms with E-state index in [4.69, 9.17) is 15.2 Å². The molecule has 0 unspecified atom stereocenters. The van der Waals surface area contributed by atoms with Gasteiger partial charge < -0.3 is 25.2 Å². The Morgan fingerprint density at radius 2 is 2.20 bits per heavy atom. The second-order valence-corrected chi connectivity index (χ2v) is 5.97. The number of rotatable bonds is 4. The molecule has 0 bridgehead atoms. The lowest BCUT2D eigenvalue weighted by molar-refractivity contribution is -0.0176. The summed E-state index contributed by atoms with van der Waals surface area (Å²) in [6, 6.07) is 3.90. The number of anilines is 1. The molecule has 3 rings (SSSR count). The van der Waals surface area contributed by atoms with E-state index in [9.17, 15) is 5.11 Å². The minimum Gasteiger partial charge on any atom is -0.467 e. The molecule has 0 radical (unpaired) electrons. The number of nitrogen functional groups attached to an aromatic ring is 1. The Labute approximate surface area is 119 Å². The van der Waals surface area contributed by atoms with E-state index in [1.54, 1.807) is 0 Å². The van der Waals surface area contributed by atoms with E-state index in [0.717, 1.165) is 48.5 Å². The molecule has 0 spiro atoms. The van der Waals surface area contributed by atoms with E-state index in [-0.39, 0.29) is 6.10 Å². The third kappa shape index (κ3) is 2.90. The number of ether oxygens (including phenoxy) is 2. The van der Waals surface area contributed by atoms with Crippen LogP contribution in [0.4, 0.5) is 5.69 Å². The van der Waals surface area contributed by atoms with Crippen molar-refractivity contribution in [3.63, 3.8) is 0 Å². The van der Waals surface area contributed by atoms with Crippen molar-refractivity contribution in [1.82, 2.24) is 4.90 Å². The van der Waals surface area contributed by atoms with Gasteiger partial charge >= 0.3 is 0 Å². The number of benzene rings is 1. The molecule has 2 aliphatic rings. The maximum Gasteiger partial charge on any atom is 0.189 e. The molecule has 20 heavy (non-hydrogen) atoms. The van der Waals surface area contributed by atoms with Gasteiger partial charge in [0.1, 0.15) is 5.75 Å². The summed E-state index contributed by atoms with van der Waals surface area (Å²) in [5, 5.41) is 9.35. The first-order valence-corrected chi connectivity index (χ1v) is 7.10. The molecule has 1 aromatic carbocycles.